The van der Waals surface area contributed by atoms with Crippen molar-refractivity contribution in [3.05, 3.63) is 0 Å². The van der Waals surface area contributed by atoms with E-state index in [0.29, 0.717) is 0 Å². The van der Waals surface area contributed by atoms with Gasteiger partial charge in [-0.3, -0.25) is 24.0 Å². The highest BCUT2D eigenvalue weighted by atomic mass is 16.4. The number of hydrogen-bond donors (Lipinski definition) is 8. The van der Waals surface area contributed by atoms with Crippen LogP contribution in [0.15, 0.2) is 0 Å². The van der Waals surface area contributed by atoms with Crippen molar-refractivity contribution in [1.29, 1.82) is 0 Å². The highest BCUT2D eigenvalue weighted by molar-refractivity contribution is 5.95. The molecule has 0 fully saturated rings. The van der Waals surface area contributed by atoms with Crippen molar-refractivity contribution in [2.45, 2.75) is 57.0 Å². The second-order valence-corrected chi connectivity index (χ2v) is 6.30. The van der Waals surface area contributed by atoms with Gasteiger partial charge in [0, 0.05) is 0 Å². The minimum Gasteiger partial charge on any atom is -0.480 e. The SMILES string of the molecule is CC(NC(=O)C(N)CC(N)=O)C(=O)NC(C(=O)NC(CC(N)=O)C(=O)O)C(C)O. The third kappa shape index (κ3) is 9.48. The molecule has 164 valence electrons. The molecule has 0 bridgehead atoms. The Balaban J connectivity index is 5.04. The van der Waals surface area contributed by atoms with Crippen molar-refractivity contribution < 1.29 is 39.0 Å². The van der Waals surface area contributed by atoms with Gasteiger partial charge < -0.3 is 43.4 Å². The Morgan fingerprint density at radius 3 is 1.76 bits per heavy atom. The Hall–Kier alpha value is -3.26. The second kappa shape index (κ2) is 11.6. The number of carbonyl (C=O) groups is 6. The van der Waals surface area contributed by atoms with Crippen molar-refractivity contribution >= 4 is 35.5 Å². The highest BCUT2D eigenvalue weighted by Crippen LogP contribution is 1.99. The highest BCUT2D eigenvalue weighted by Gasteiger charge is 2.32. The molecule has 0 aromatic heterocycles. The van der Waals surface area contributed by atoms with Crippen LogP contribution in [0, 0.1) is 0 Å². The van der Waals surface area contributed by atoms with E-state index in [2.05, 4.69) is 10.6 Å². The van der Waals surface area contributed by atoms with E-state index in [0.717, 1.165) is 6.92 Å². The van der Waals surface area contributed by atoms with E-state index < -0.39 is 78.6 Å². The molecule has 11 N–H and O–H groups in total. The molecule has 5 amide bonds. The van der Waals surface area contributed by atoms with Crippen LogP contribution in [0.3, 0.4) is 0 Å². The molecule has 5 unspecified atom stereocenters. The topological polar surface area (TPSA) is 257 Å². The van der Waals surface area contributed by atoms with Crippen LogP contribution in [0.1, 0.15) is 26.7 Å². The van der Waals surface area contributed by atoms with Crippen LogP contribution in [0.25, 0.3) is 0 Å². The summed E-state index contributed by atoms with van der Waals surface area (Å²) in [5, 5.41) is 25.1. The molecule has 0 aromatic rings. The average Bonchev–Trinajstić information content (AvgIpc) is 2.56. The number of hydrogen-bond acceptors (Lipinski definition) is 8. The summed E-state index contributed by atoms with van der Waals surface area (Å²) in [5.74, 6) is -6.20. The molecular formula is C15H26N6O8. The van der Waals surface area contributed by atoms with Gasteiger partial charge in [0.05, 0.1) is 25.0 Å². The number of aliphatic hydroxyl groups is 1. The number of rotatable bonds is 12. The molecule has 0 saturated heterocycles. The van der Waals surface area contributed by atoms with Gasteiger partial charge in [-0.2, -0.15) is 0 Å². The molecule has 0 spiro atoms. The van der Waals surface area contributed by atoms with Crippen LogP contribution in [0.4, 0.5) is 0 Å². The Labute approximate surface area is 165 Å². The van der Waals surface area contributed by atoms with Gasteiger partial charge in [0.25, 0.3) is 0 Å². The molecular weight excluding hydrogens is 392 g/mol. The fourth-order valence-electron chi connectivity index (χ4n) is 2.04. The Morgan fingerprint density at radius 1 is 0.828 bits per heavy atom. The standard InChI is InChI=1S/C15H26N6O8/c1-5(19-13(26)7(16)3-9(17)23)12(25)21-11(6(2)22)14(27)20-8(15(28)29)4-10(18)24/h5-8,11,22H,3-4,16H2,1-2H3,(H2,17,23)(H2,18,24)(H,19,26)(H,20,27)(H,21,25)(H,28,29). The lowest BCUT2D eigenvalue weighted by atomic mass is 10.1. The number of nitrogens with one attached hydrogen (secondary N) is 3. The predicted molar refractivity (Wildman–Crippen MR) is 96.4 cm³/mol. The van der Waals surface area contributed by atoms with Crippen LogP contribution in [-0.2, 0) is 28.8 Å². The minimum absolute atomic E-state index is 0.449. The maximum absolute atomic E-state index is 12.2. The molecule has 29 heavy (non-hydrogen) atoms. The molecule has 14 heteroatoms. The van der Waals surface area contributed by atoms with Crippen molar-refractivity contribution in [2.75, 3.05) is 0 Å². The summed E-state index contributed by atoms with van der Waals surface area (Å²) in [4.78, 5) is 69.0. The van der Waals surface area contributed by atoms with E-state index in [4.69, 9.17) is 22.3 Å². The minimum atomic E-state index is -1.66. The van der Waals surface area contributed by atoms with E-state index in [1.54, 1.807) is 0 Å². The largest absolute Gasteiger partial charge is 0.480 e. The molecule has 0 rings (SSSR count). The summed E-state index contributed by atoms with van der Waals surface area (Å²) in [6, 6.07) is -5.78. The number of aliphatic carboxylic acids is 1. The lowest BCUT2D eigenvalue weighted by Crippen LogP contribution is -2.59. The van der Waals surface area contributed by atoms with E-state index in [1.165, 1.54) is 6.92 Å². The molecule has 0 heterocycles. The molecule has 0 radical (unpaired) electrons. The van der Waals surface area contributed by atoms with Gasteiger partial charge in [-0.25, -0.2) is 4.79 Å². The second-order valence-electron chi connectivity index (χ2n) is 6.30. The molecule has 0 aliphatic rings. The summed E-state index contributed by atoms with van der Waals surface area (Å²) < 4.78 is 0. The van der Waals surface area contributed by atoms with Gasteiger partial charge in [-0.1, -0.05) is 0 Å². The number of carboxylic acid groups (broad SMARTS) is 1. The summed E-state index contributed by atoms with van der Waals surface area (Å²) in [6.45, 7) is 2.40. The zero-order valence-corrected chi connectivity index (χ0v) is 15.9. The van der Waals surface area contributed by atoms with Gasteiger partial charge in [0.15, 0.2) is 0 Å². The van der Waals surface area contributed by atoms with Gasteiger partial charge >= 0.3 is 5.97 Å². The van der Waals surface area contributed by atoms with Crippen molar-refractivity contribution in [2.24, 2.45) is 17.2 Å². The molecule has 0 aromatic carbocycles. The van der Waals surface area contributed by atoms with E-state index in [-0.39, 0.29) is 0 Å². The van der Waals surface area contributed by atoms with Crippen LogP contribution in [0.2, 0.25) is 0 Å². The first kappa shape index (κ1) is 25.7. The molecule has 14 nitrogen and oxygen atoms in total. The van der Waals surface area contributed by atoms with Gasteiger partial charge in [-0.05, 0) is 13.8 Å². The number of amides is 5. The smallest absolute Gasteiger partial charge is 0.326 e. The summed E-state index contributed by atoms with van der Waals surface area (Å²) in [7, 11) is 0. The maximum Gasteiger partial charge on any atom is 0.326 e. The van der Waals surface area contributed by atoms with E-state index >= 15 is 0 Å². The summed E-state index contributed by atoms with van der Waals surface area (Å²) in [6.07, 6.45) is -2.61. The lowest BCUT2D eigenvalue weighted by molar-refractivity contribution is -0.144. The number of carboxylic acids is 1. The van der Waals surface area contributed by atoms with Gasteiger partial charge in [0.2, 0.25) is 29.5 Å². The average molecular weight is 418 g/mol. The Kier molecular flexibility index (Phi) is 10.3. The monoisotopic (exact) mass is 418 g/mol. The zero-order chi connectivity index (χ0) is 22.9. The third-order valence-corrected chi connectivity index (χ3v) is 3.59. The quantitative estimate of drug-likeness (QED) is 0.151. The first-order valence-corrected chi connectivity index (χ1v) is 8.40. The van der Waals surface area contributed by atoms with Gasteiger partial charge in [-0.15, -0.1) is 0 Å². The number of nitrogens with two attached hydrogens (primary N) is 3. The number of carbonyl (C=O) groups excluding carboxylic acids is 5. The molecule has 5 atom stereocenters. The zero-order valence-electron chi connectivity index (χ0n) is 15.9. The Bertz CT molecular complexity index is 667. The van der Waals surface area contributed by atoms with Crippen molar-refractivity contribution in [3.8, 4) is 0 Å². The van der Waals surface area contributed by atoms with Crippen LogP contribution >= 0.6 is 0 Å². The fraction of sp³-hybridized carbons (Fsp3) is 0.600. The van der Waals surface area contributed by atoms with Crippen LogP contribution < -0.4 is 33.2 Å². The maximum atomic E-state index is 12.2. The number of primary amides is 2. The third-order valence-electron chi connectivity index (χ3n) is 3.59. The molecule has 0 saturated carbocycles. The summed E-state index contributed by atoms with van der Waals surface area (Å²) in [5.41, 5.74) is 15.3. The first-order valence-electron chi connectivity index (χ1n) is 8.40. The first-order chi connectivity index (χ1) is 13.3. The fourth-order valence-corrected chi connectivity index (χ4v) is 2.04. The van der Waals surface area contributed by atoms with Crippen molar-refractivity contribution in [1.82, 2.24) is 16.0 Å². The summed E-state index contributed by atoms with van der Waals surface area (Å²) >= 11 is 0. The molecule has 0 aliphatic carbocycles. The van der Waals surface area contributed by atoms with E-state index in [9.17, 15) is 33.9 Å². The van der Waals surface area contributed by atoms with Crippen LogP contribution in [-0.4, -0.2) is 76.0 Å². The number of aliphatic hydroxyl groups excluding tert-OH is 1. The predicted octanol–water partition coefficient (Wildman–Crippen LogP) is -5.00. The van der Waals surface area contributed by atoms with E-state index in [1.807, 2.05) is 5.32 Å². The lowest BCUT2D eigenvalue weighted by Gasteiger charge is -2.25. The normalized spacial score (nSPS) is 15.7. The van der Waals surface area contributed by atoms with Gasteiger partial charge in [0.1, 0.15) is 18.1 Å². The van der Waals surface area contributed by atoms with Crippen molar-refractivity contribution in [3.63, 3.8) is 0 Å². The Morgan fingerprint density at radius 2 is 1.34 bits per heavy atom. The van der Waals surface area contributed by atoms with Crippen LogP contribution in [0.5, 0.6) is 0 Å². The molecule has 0 aliphatic heterocycles.